The summed E-state index contributed by atoms with van der Waals surface area (Å²) < 4.78 is 1.96. The number of nitrogens with zero attached hydrogens (tertiary/aromatic N) is 7. The van der Waals surface area contributed by atoms with Crippen molar-refractivity contribution in [3.05, 3.63) is 47.8 Å². The molecule has 1 N–H and O–H groups in total. The molecule has 0 atom stereocenters. The topological polar surface area (TPSA) is 74.5 Å². The number of hydrogen-bond acceptors (Lipinski definition) is 5. The molecule has 1 fully saturated rings. The van der Waals surface area contributed by atoms with Crippen LogP contribution in [0.25, 0.3) is 0 Å². The first-order chi connectivity index (χ1) is 13.1. The molecule has 0 aliphatic carbocycles. The van der Waals surface area contributed by atoms with Crippen molar-refractivity contribution in [3.8, 4) is 0 Å². The minimum Gasteiger partial charge on any atom is -0.367 e. The molecule has 8 nitrogen and oxygen atoms in total. The van der Waals surface area contributed by atoms with Gasteiger partial charge in [-0.15, -0.1) is 40.8 Å². The number of aromatic nitrogens is 4. The Hall–Kier alpha value is -1.88. The molecule has 2 aromatic rings. The molecule has 10 heteroatoms. The van der Waals surface area contributed by atoms with Gasteiger partial charge in [-0.25, -0.2) is 4.99 Å². The molecule has 3 heterocycles. The van der Waals surface area contributed by atoms with Crippen molar-refractivity contribution in [1.82, 2.24) is 30.0 Å². The molecule has 0 unspecified atom stereocenters. The summed E-state index contributed by atoms with van der Waals surface area (Å²) in [5.41, 5.74) is 1.03. The van der Waals surface area contributed by atoms with Crippen LogP contribution in [0.4, 0.5) is 5.69 Å². The number of aryl methyl sites for hydroxylation is 1. The number of anilines is 1. The van der Waals surface area contributed by atoms with E-state index in [1.807, 2.05) is 30.7 Å². The molecular weight excluding hydrogens is 491 g/mol. The first-order valence-corrected chi connectivity index (χ1v) is 9.31. The summed E-state index contributed by atoms with van der Waals surface area (Å²) in [7, 11) is 1.95. The highest BCUT2D eigenvalue weighted by molar-refractivity contribution is 14.0. The van der Waals surface area contributed by atoms with Crippen molar-refractivity contribution >= 4 is 47.2 Å². The minimum absolute atomic E-state index is 0. The first kappa shape index (κ1) is 22.4. The summed E-state index contributed by atoms with van der Waals surface area (Å²) in [5.74, 6) is 2.58. The molecule has 28 heavy (non-hydrogen) atoms. The van der Waals surface area contributed by atoms with Crippen molar-refractivity contribution < 1.29 is 0 Å². The highest BCUT2D eigenvalue weighted by atomic mass is 127. The van der Waals surface area contributed by atoms with Crippen molar-refractivity contribution in [3.63, 3.8) is 0 Å². The molecule has 1 aliphatic heterocycles. The van der Waals surface area contributed by atoms with E-state index in [4.69, 9.17) is 16.6 Å². The van der Waals surface area contributed by atoms with E-state index in [9.17, 15) is 0 Å². The van der Waals surface area contributed by atoms with Gasteiger partial charge in [0.25, 0.3) is 0 Å². The van der Waals surface area contributed by atoms with Gasteiger partial charge in [0.15, 0.2) is 11.8 Å². The molecule has 2 aromatic heterocycles. The maximum atomic E-state index is 6.28. The van der Waals surface area contributed by atoms with Crippen molar-refractivity contribution in [2.75, 3.05) is 37.6 Å². The Morgan fingerprint density at radius 1 is 1.32 bits per heavy atom. The highest BCUT2D eigenvalue weighted by Gasteiger charge is 2.21. The minimum atomic E-state index is 0. The van der Waals surface area contributed by atoms with Gasteiger partial charge in [0, 0.05) is 52.2 Å². The molecule has 3 rings (SSSR count). The van der Waals surface area contributed by atoms with Gasteiger partial charge >= 0.3 is 0 Å². The number of rotatable bonds is 5. The van der Waals surface area contributed by atoms with Gasteiger partial charge < -0.3 is 19.7 Å². The summed E-state index contributed by atoms with van der Waals surface area (Å²) in [6, 6.07) is 1.96. The predicted molar refractivity (Wildman–Crippen MR) is 124 cm³/mol. The fraction of sp³-hybridized carbons (Fsp3) is 0.444. The normalized spacial score (nSPS) is 14.6. The second kappa shape index (κ2) is 10.6. The van der Waals surface area contributed by atoms with Gasteiger partial charge in [0.05, 0.1) is 10.7 Å². The maximum Gasteiger partial charge on any atom is 0.194 e. The van der Waals surface area contributed by atoms with E-state index in [-0.39, 0.29) is 24.0 Å². The lowest BCUT2D eigenvalue weighted by Gasteiger charge is -2.38. The number of guanidine groups is 1. The molecular formula is C18H26ClIN8. The summed E-state index contributed by atoms with van der Waals surface area (Å²) in [4.78, 5) is 13.3. The Bertz CT molecular complexity index is 814. The van der Waals surface area contributed by atoms with Gasteiger partial charge in [-0.05, 0) is 13.0 Å². The van der Waals surface area contributed by atoms with E-state index < -0.39 is 0 Å². The number of hydrogen-bond donors (Lipinski definition) is 1. The van der Waals surface area contributed by atoms with Crippen LogP contribution in [0.1, 0.15) is 11.6 Å². The molecule has 0 bridgehead atoms. The van der Waals surface area contributed by atoms with E-state index in [2.05, 4.69) is 36.9 Å². The molecule has 1 saturated heterocycles. The van der Waals surface area contributed by atoms with E-state index in [1.165, 1.54) is 0 Å². The SMILES string of the molecule is C=CCNC(=NCc1nnc(C)n1C)N1CCN(c2ccncc2Cl)CC1.I. The fourth-order valence-electron chi connectivity index (χ4n) is 2.95. The Morgan fingerprint density at radius 3 is 2.68 bits per heavy atom. The molecule has 0 radical (unpaired) electrons. The Labute approximate surface area is 187 Å². The van der Waals surface area contributed by atoms with E-state index >= 15 is 0 Å². The number of pyridine rings is 1. The molecule has 0 aromatic carbocycles. The van der Waals surface area contributed by atoms with Crippen molar-refractivity contribution in [2.24, 2.45) is 12.0 Å². The lowest BCUT2D eigenvalue weighted by Crippen LogP contribution is -2.52. The average Bonchev–Trinajstić information content (AvgIpc) is 3.01. The summed E-state index contributed by atoms with van der Waals surface area (Å²) >= 11 is 6.28. The first-order valence-electron chi connectivity index (χ1n) is 8.93. The third-order valence-corrected chi connectivity index (χ3v) is 4.92. The molecule has 152 valence electrons. The fourth-order valence-corrected chi connectivity index (χ4v) is 3.19. The second-order valence-electron chi connectivity index (χ2n) is 6.33. The van der Waals surface area contributed by atoms with Crippen molar-refractivity contribution in [1.29, 1.82) is 0 Å². The van der Waals surface area contributed by atoms with Crippen LogP contribution < -0.4 is 10.2 Å². The lowest BCUT2D eigenvalue weighted by molar-refractivity contribution is 0.373. The lowest BCUT2D eigenvalue weighted by atomic mass is 10.2. The van der Waals surface area contributed by atoms with Gasteiger partial charge in [0.2, 0.25) is 0 Å². The van der Waals surface area contributed by atoms with E-state index in [0.29, 0.717) is 18.1 Å². The molecule has 0 saturated carbocycles. The Morgan fingerprint density at radius 2 is 2.07 bits per heavy atom. The maximum absolute atomic E-state index is 6.28. The van der Waals surface area contributed by atoms with Gasteiger partial charge in [-0.2, -0.15) is 0 Å². The zero-order valence-electron chi connectivity index (χ0n) is 16.2. The predicted octanol–water partition coefficient (Wildman–Crippen LogP) is 2.24. The number of halogens is 2. The number of nitrogens with one attached hydrogen (secondary N) is 1. The zero-order chi connectivity index (χ0) is 19.2. The van der Waals surface area contributed by atoms with Crippen LogP contribution in [-0.2, 0) is 13.6 Å². The van der Waals surface area contributed by atoms with Crippen LogP contribution >= 0.6 is 35.6 Å². The third kappa shape index (κ3) is 5.34. The summed E-state index contributed by atoms with van der Waals surface area (Å²) in [5, 5.41) is 12.3. The van der Waals surface area contributed by atoms with Crippen LogP contribution in [-0.4, -0.2) is 63.3 Å². The average molecular weight is 517 g/mol. The van der Waals surface area contributed by atoms with Crippen LogP contribution in [0.2, 0.25) is 5.02 Å². The number of aliphatic imine (C=N–C) groups is 1. The molecule has 0 spiro atoms. The third-order valence-electron chi connectivity index (χ3n) is 4.63. The zero-order valence-corrected chi connectivity index (χ0v) is 19.3. The smallest absolute Gasteiger partial charge is 0.194 e. The second-order valence-corrected chi connectivity index (χ2v) is 6.74. The standard InChI is InChI=1S/C18H25ClN8.HI/c1-4-6-21-18(22-13-17-24-23-14(2)25(17)3)27-10-8-26(9-11-27)16-5-7-20-12-15(16)19;/h4-5,7,12H,1,6,8-11,13H2,2-3H3,(H,21,22);1H. The van der Waals surface area contributed by atoms with Crippen LogP contribution in [0.5, 0.6) is 0 Å². The van der Waals surface area contributed by atoms with Gasteiger partial charge in [-0.3, -0.25) is 4.98 Å². The van der Waals surface area contributed by atoms with Crippen LogP contribution in [0.15, 0.2) is 36.1 Å². The van der Waals surface area contributed by atoms with Crippen LogP contribution in [0.3, 0.4) is 0 Å². The summed E-state index contributed by atoms with van der Waals surface area (Å²) in [6.07, 6.45) is 5.29. The van der Waals surface area contributed by atoms with E-state index in [1.54, 1.807) is 12.4 Å². The highest BCUT2D eigenvalue weighted by Crippen LogP contribution is 2.25. The Balaban J connectivity index is 0.00000280. The van der Waals surface area contributed by atoms with Gasteiger partial charge in [0.1, 0.15) is 12.4 Å². The largest absolute Gasteiger partial charge is 0.367 e. The van der Waals surface area contributed by atoms with E-state index in [0.717, 1.165) is 49.5 Å². The molecule has 1 aliphatic rings. The van der Waals surface area contributed by atoms with Crippen molar-refractivity contribution in [2.45, 2.75) is 13.5 Å². The number of piperazine rings is 1. The van der Waals surface area contributed by atoms with Gasteiger partial charge in [-0.1, -0.05) is 17.7 Å². The summed E-state index contributed by atoms with van der Waals surface area (Å²) in [6.45, 7) is 10.3. The van der Waals surface area contributed by atoms with Crippen LogP contribution in [0, 0.1) is 6.92 Å². The quantitative estimate of drug-likeness (QED) is 0.284. The Kier molecular flexibility index (Phi) is 8.49. The monoisotopic (exact) mass is 516 g/mol. The molecule has 0 amide bonds.